The van der Waals surface area contributed by atoms with Crippen LogP contribution in [0.4, 0.5) is 4.79 Å². The smallest absolute Gasteiger partial charge is 0.408 e. The summed E-state index contributed by atoms with van der Waals surface area (Å²) in [6.07, 6.45) is -0.444. The number of nitrogens with one attached hydrogen (secondary N) is 1. The summed E-state index contributed by atoms with van der Waals surface area (Å²) < 4.78 is 10.5. The molecule has 1 aliphatic heterocycles. The number of methoxy groups -OCH3 is 1. The van der Waals surface area contributed by atoms with Crippen molar-refractivity contribution in [3.8, 4) is 5.75 Å². The Morgan fingerprint density at radius 3 is 2.47 bits per heavy atom. The molecule has 1 aromatic carbocycles. The Balaban J connectivity index is 2.24. The first kappa shape index (κ1) is 26.0. The average molecular weight is 491 g/mol. The third kappa shape index (κ3) is 6.17. The lowest BCUT2D eigenvalue weighted by Gasteiger charge is -2.39. The van der Waals surface area contributed by atoms with Gasteiger partial charge in [0.1, 0.15) is 23.4 Å². The minimum absolute atomic E-state index is 0.0576. The number of alkyl carbamates (subject to hydrolysis) is 1. The number of hydrogen-bond donors (Lipinski definition) is 3. The van der Waals surface area contributed by atoms with Crippen molar-refractivity contribution >= 4 is 41.2 Å². The maximum atomic E-state index is 13.0. The van der Waals surface area contributed by atoms with Crippen molar-refractivity contribution in [1.29, 1.82) is 0 Å². The number of benzene rings is 1. The number of aliphatic carboxylic acids is 1. The lowest BCUT2D eigenvalue weighted by atomic mass is 9.84. The zero-order valence-corrected chi connectivity index (χ0v) is 19.9. The van der Waals surface area contributed by atoms with Gasteiger partial charge in [0, 0.05) is 12.1 Å². The molecule has 0 spiro atoms. The molecule has 0 saturated carbocycles. The fraction of sp³-hybridized carbons (Fsp3) is 0.571. The third-order valence-electron chi connectivity index (χ3n) is 5.06. The highest BCUT2D eigenvalue weighted by molar-refractivity contribution is 6.42. The van der Waals surface area contributed by atoms with Crippen LogP contribution in [0.15, 0.2) is 12.1 Å². The number of carbonyl (C=O) groups excluding carboxylic acids is 2. The van der Waals surface area contributed by atoms with Gasteiger partial charge in [0.2, 0.25) is 5.91 Å². The van der Waals surface area contributed by atoms with E-state index < -0.39 is 42.3 Å². The van der Waals surface area contributed by atoms with Crippen molar-refractivity contribution in [3.63, 3.8) is 0 Å². The van der Waals surface area contributed by atoms with Gasteiger partial charge in [-0.1, -0.05) is 23.2 Å². The number of amides is 2. The van der Waals surface area contributed by atoms with E-state index in [-0.39, 0.29) is 23.9 Å². The molecule has 11 heteroatoms. The number of likely N-dealkylation sites (tertiary alicyclic amines) is 1. The minimum Gasteiger partial charge on any atom is -0.496 e. The van der Waals surface area contributed by atoms with E-state index in [2.05, 4.69) is 5.32 Å². The number of halogens is 2. The first-order valence-corrected chi connectivity index (χ1v) is 10.8. The zero-order chi connectivity index (χ0) is 24.2. The predicted octanol–water partition coefficient (Wildman–Crippen LogP) is 3.05. The van der Waals surface area contributed by atoms with Crippen LogP contribution >= 0.6 is 23.2 Å². The molecule has 178 valence electrons. The number of piperidine rings is 1. The highest BCUT2D eigenvalue weighted by Crippen LogP contribution is 2.43. The summed E-state index contributed by atoms with van der Waals surface area (Å²) in [6, 6.07) is 0.708. The Morgan fingerprint density at radius 1 is 1.28 bits per heavy atom. The van der Waals surface area contributed by atoms with E-state index in [4.69, 9.17) is 32.7 Å². The topological polar surface area (TPSA) is 125 Å². The fourth-order valence-electron chi connectivity index (χ4n) is 3.67. The quantitative estimate of drug-likeness (QED) is 0.559. The molecule has 1 aliphatic rings. The summed E-state index contributed by atoms with van der Waals surface area (Å²) in [7, 11) is 1.48. The summed E-state index contributed by atoms with van der Waals surface area (Å²) in [5, 5.41) is 22.3. The summed E-state index contributed by atoms with van der Waals surface area (Å²) in [5.74, 6) is -1.77. The van der Waals surface area contributed by atoms with Crippen LogP contribution in [0.2, 0.25) is 10.0 Å². The van der Waals surface area contributed by atoms with Gasteiger partial charge in [0.15, 0.2) is 0 Å². The molecule has 1 aromatic rings. The van der Waals surface area contributed by atoms with Crippen LogP contribution in [0.3, 0.4) is 0 Å². The van der Waals surface area contributed by atoms with E-state index in [1.54, 1.807) is 32.9 Å². The van der Waals surface area contributed by atoms with E-state index in [0.717, 1.165) is 4.90 Å². The Labute approximate surface area is 196 Å². The van der Waals surface area contributed by atoms with Crippen molar-refractivity contribution in [1.82, 2.24) is 10.2 Å². The molecule has 2 rings (SSSR count). The normalized spacial score (nSPS) is 19.8. The lowest BCUT2D eigenvalue weighted by molar-refractivity contribution is -0.153. The van der Waals surface area contributed by atoms with Crippen LogP contribution in [0, 0.1) is 0 Å². The lowest BCUT2D eigenvalue weighted by Crippen LogP contribution is -2.57. The van der Waals surface area contributed by atoms with E-state index in [9.17, 15) is 24.6 Å². The van der Waals surface area contributed by atoms with Crippen molar-refractivity contribution in [3.05, 3.63) is 27.7 Å². The third-order valence-corrected chi connectivity index (χ3v) is 5.88. The van der Waals surface area contributed by atoms with E-state index in [1.165, 1.54) is 7.11 Å². The monoisotopic (exact) mass is 490 g/mol. The first-order chi connectivity index (χ1) is 14.9. The maximum absolute atomic E-state index is 13.0. The SMILES string of the molecule is COc1ccc(Cl)c(Cl)c1[C@@H]1CCN(C(=O)[C@@H](CO)NC(=O)OC(C)(C)C)[C@H](C(=O)O)C1. The van der Waals surface area contributed by atoms with Crippen molar-refractivity contribution in [2.45, 2.75) is 57.2 Å². The van der Waals surface area contributed by atoms with E-state index >= 15 is 0 Å². The molecule has 9 nitrogen and oxygen atoms in total. The summed E-state index contributed by atoms with van der Waals surface area (Å²) in [4.78, 5) is 38.2. The minimum atomic E-state index is -1.34. The molecule has 0 aromatic heterocycles. The second-order valence-corrected chi connectivity index (χ2v) is 9.25. The van der Waals surface area contributed by atoms with Crippen LogP contribution in [0.1, 0.15) is 45.1 Å². The largest absolute Gasteiger partial charge is 0.496 e. The van der Waals surface area contributed by atoms with Crippen LogP contribution in [0.25, 0.3) is 0 Å². The number of ether oxygens (including phenoxy) is 2. The fourth-order valence-corrected chi connectivity index (χ4v) is 4.14. The number of rotatable bonds is 6. The molecule has 32 heavy (non-hydrogen) atoms. The number of nitrogens with zero attached hydrogens (tertiary/aromatic N) is 1. The number of aliphatic hydroxyl groups excluding tert-OH is 1. The van der Waals surface area contributed by atoms with Gasteiger partial charge >= 0.3 is 12.1 Å². The molecule has 0 radical (unpaired) electrons. The second kappa shape index (κ2) is 10.6. The number of aliphatic hydroxyl groups is 1. The van der Waals surface area contributed by atoms with E-state index in [1.807, 2.05) is 0 Å². The number of carboxylic acids is 1. The summed E-state index contributed by atoms with van der Waals surface area (Å²) in [5.41, 5.74) is -0.213. The standard InChI is InChI=1S/C21H28Cl2N2O7/c1-21(2,3)32-20(30)24-13(10-26)18(27)25-8-7-11(9-14(25)19(28)29)16-15(31-4)6-5-12(22)17(16)23/h5-6,11,13-14,26H,7-10H2,1-4H3,(H,24,30)(H,28,29)/t11-,13-,14+/m1/s1. The number of carboxylic acid groups (broad SMARTS) is 1. The molecular formula is C21H28Cl2N2O7. The molecule has 2 amide bonds. The van der Waals surface area contributed by atoms with Gasteiger partial charge in [-0.25, -0.2) is 9.59 Å². The Bertz CT molecular complexity index is 872. The molecular weight excluding hydrogens is 463 g/mol. The van der Waals surface area contributed by atoms with Gasteiger partial charge in [-0.05, 0) is 51.7 Å². The molecule has 1 saturated heterocycles. The molecule has 0 aliphatic carbocycles. The van der Waals surface area contributed by atoms with Gasteiger partial charge in [-0.15, -0.1) is 0 Å². The van der Waals surface area contributed by atoms with Gasteiger partial charge in [-0.3, -0.25) is 4.79 Å². The summed E-state index contributed by atoms with van der Waals surface area (Å²) >= 11 is 12.5. The van der Waals surface area contributed by atoms with Gasteiger partial charge in [-0.2, -0.15) is 0 Å². The first-order valence-electron chi connectivity index (χ1n) is 10.0. The highest BCUT2D eigenvalue weighted by Gasteiger charge is 2.41. The number of carbonyl (C=O) groups is 3. The average Bonchev–Trinajstić information content (AvgIpc) is 2.71. The van der Waals surface area contributed by atoms with Crippen molar-refractivity contribution in [2.24, 2.45) is 0 Å². The molecule has 0 bridgehead atoms. The van der Waals surface area contributed by atoms with Crippen LogP contribution in [-0.2, 0) is 14.3 Å². The van der Waals surface area contributed by atoms with Crippen LogP contribution in [0.5, 0.6) is 5.75 Å². The molecule has 1 fully saturated rings. The molecule has 1 heterocycles. The van der Waals surface area contributed by atoms with Crippen molar-refractivity contribution < 1.29 is 34.1 Å². The van der Waals surface area contributed by atoms with Crippen LogP contribution < -0.4 is 10.1 Å². The molecule has 0 unspecified atom stereocenters. The molecule has 3 N–H and O–H groups in total. The Morgan fingerprint density at radius 2 is 1.94 bits per heavy atom. The van der Waals surface area contributed by atoms with Gasteiger partial charge in [0.05, 0.1) is 23.8 Å². The Hall–Kier alpha value is -2.23. The van der Waals surface area contributed by atoms with Gasteiger partial charge < -0.3 is 29.9 Å². The number of hydrogen-bond acceptors (Lipinski definition) is 6. The van der Waals surface area contributed by atoms with Gasteiger partial charge in [0.25, 0.3) is 0 Å². The second-order valence-electron chi connectivity index (χ2n) is 8.47. The highest BCUT2D eigenvalue weighted by atomic mass is 35.5. The van der Waals surface area contributed by atoms with E-state index in [0.29, 0.717) is 22.8 Å². The van der Waals surface area contributed by atoms with Crippen molar-refractivity contribution in [2.75, 3.05) is 20.3 Å². The molecule has 3 atom stereocenters. The maximum Gasteiger partial charge on any atom is 0.408 e. The summed E-state index contributed by atoms with van der Waals surface area (Å²) in [6.45, 7) is 4.33. The zero-order valence-electron chi connectivity index (χ0n) is 18.4. The van der Waals surface area contributed by atoms with Crippen LogP contribution in [-0.4, -0.2) is 71.0 Å². The predicted molar refractivity (Wildman–Crippen MR) is 118 cm³/mol. The Kier molecular flexibility index (Phi) is 8.61.